The van der Waals surface area contributed by atoms with Gasteiger partial charge in [-0.1, -0.05) is 84.9 Å². The molecule has 0 spiro atoms. The molecule has 5 aromatic carbocycles. The maximum Gasteiger partial charge on any atom is 0.0390 e. The Balaban J connectivity index is 1.32. The highest BCUT2D eigenvalue weighted by Gasteiger charge is 2.07. The second kappa shape index (κ2) is 7.99. The van der Waals surface area contributed by atoms with Crippen molar-refractivity contribution in [1.29, 1.82) is 0 Å². The first-order valence-corrected chi connectivity index (χ1v) is 11.6. The highest BCUT2D eigenvalue weighted by atomic mass is 32.1. The minimum Gasteiger partial charge on any atom is -0.355 e. The molecule has 6 rings (SSSR count). The van der Waals surface area contributed by atoms with Crippen LogP contribution < -0.4 is 5.32 Å². The Labute approximate surface area is 191 Å². The standard InChI is InChI=1S/C30H21NS/c1-2-8-21(9-3-1)22-10-6-12-25(18-22)31-26-13-7-11-23(19-26)24-16-17-28-27-14-4-5-15-29(27)32-30(28)20-24/h1-20,31H. The molecule has 1 nitrogen and oxygen atoms in total. The van der Waals surface area contributed by atoms with E-state index in [-0.39, 0.29) is 0 Å². The molecule has 2 heteroatoms. The van der Waals surface area contributed by atoms with Crippen LogP contribution in [-0.2, 0) is 0 Å². The van der Waals surface area contributed by atoms with Crippen molar-refractivity contribution in [2.24, 2.45) is 0 Å². The smallest absolute Gasteiger partial charge is 0.0390 e. The molecule has 0 unspecified atom stereocenters. The van der Waals surface area contributed by atoms with Crippen molar-refractivity contribution in [3.05, 3.63) is 121 Å². The van der Waals surface area contributed by atoms with Crippen LogP contribution in [0.4, 0.5) is 11.4 Å². The number of hydrogen-bond donors (Lipinski definition) is 1. The monoisotopic (exact) mass is 427 g/mol. The molecule has 0 atom stereocenters. The van der Waals surface area contributed by atoms with Gasteiger partial charge in [0.2, 0.25) is 0 Å². The Morgan fingerprint density at radius 2 is 1.00 bits per heavy atom. The van der Waals surface area contributed by atoms with E-state index in [2.05, 4.69) is 121 Å². The highest BCUT2D eigenvalue weighted by Crippen LogP contribution is 2.36. The predicted octanol–water partition coefficient (Wildman–Crippen LogP) is 9.13. The number of hydrogen-bond acceptors (Lipinski definition) is 2. The molecule has 0 saturated carbocycles. The summed E-state index contributed by atoms with van der Waals surface area (Å²) < 4.78 is 2.67. The molecule has 1 N–H and O–H groups in total. The van der Waals surface area contributed by atoms with E-state index in [1.54, 1.807) is 0 Å². The average Bonchev–Trinajstić information content (AvgIpc) is 3.23. The maximum absolute atomic E-state index is 3.59. The van der Waals surface area contributed by atoms with Gasteiger partial charge in [-0.15, -0.1) is 11.3 Å². The van der Waals surface area contributed by atoms with E-state index >= 15 is 0 Å². The lowest BCUT2D eigenvalue weighted by atomic mass is 10.0. The van der Waals surface area contributed by atoms with Crippen LogP contribution in [0, 0.1) is 0 Å². The van der Waals surface area contributed by atoms with Gasteiger partial charge in [-0.3, -0.25) is 0 Å². The fourth-order valence-electron chi connectivity index (χ4n) is 4.26. The Morgan fingerprint density at radius 3 is 1.78 bits per heavy atom. The number of benzene rings is 5. The van der Waals surface area contributed by atoms with Crippen LogP contribution in [-0.4, -0.2) is 0 Å². The van der Waals surface area contributed by atoms with E-state index in [1.165, 1.54) is 42.4 Å². The zero-order valence-electron chi connectivity index (χ0n) is 17.5. The molecule has 1 aromatic heterocycles. The fraction of sp³-hybridized carbons (Fsp3) is 0. The molecular formula is C30H21NS. The Morgan fingerprint density at radius 1 is 0.406 bits per heavy atom. The summed E-state index contributed by atoms with van der Waals surface area (Å²) in [5.74, 6) is 0. The zero-order valence-corrected chi connectivity index (χ0v) is 18.3. The van der Waals surface area contributed by atoms with Gasteiger partial charge in [0.05, 0.1) is 0 Å². The summed E-state index contributed by atoms with van der Waals surface area (Å²) in [5.41, 5.74) is 7.07. The summed E-state index contributed by atoms with van der Waals surface area (Å²) in [6.07, 6.45) is 0. The molecule has 0 amide bonds. The summed E-state index contributed by atoms with van der Waals surface area (Å²) in [4.78, 5) is 0. The summed E-state index contributed by atoms with van der Waals surface area (Å²) in [6.45, 7) is 0. The van der Waals surface area contributed by atoms with Gasteiger partial charge in [-0.05, 0) is 58.7 Å². The summed E-state index contributed by atoms with van der Waals surface area (Å²) in [5, 5.41) is 6.26. The molecule has 0 aliphatic heterocycles. The summed E-state index contributed by atoms with van der Waals surface area (Å²) in [7, 11) is 0. The van der Waals surface area contributed by atoms with E-state index in [0.29, 0.717) is 0 Å². The van der Waals surface area contributed by atoms with Gasteiger partial charge in [0.25, 0.3) is 0 Å². The first kappa shape index (κ1) is 18.9. The SMILES string of the molecule is c1ccc(-c2cccc(Nc3cccc(-c4ccc5c(c4)sc4ccccc45)c3)c2)cc1. The fourth-order valence-corrected chi connectivity index (χ4v) is 5.40. The van der Waals surface area contributed by atoms with E-state index in [9.17, 15) is 0 Å². The maximum atomic E-state index is 3.59. The van der Waals surface area contributed by atoms with E-state index in [4.69, 9.17) is 0 Å². The molecular weight excluding hydrogens is 406 g/mol. The Hall–Kier alpha value is -3.88. The van der Waals surface area contributed by atoms with Crippen LogP contribution in [0.1, 0.15) is 0 Å². The molecule has 0 aliphatic rings. The second-order valence-electron chi connectivity index (χ2n) is 7.96. The Kier molecular flexibility index (Phi) is 4.71. The largest absolute Gasteiger partial charge is 0.355 e. The summed E-state index contributed by atoms with van der Waals surface area (Å²) in [6, 6.07) is 43.1. The topological polar surface area (TPSA) is 12.0 Å². The number of anilines is 2. The molecule has 6 aromatic rings. The number of nitrogens with one attached hydrogen (secondary N) is 1. The lowest BCUT2D eigenvalue weighted by molar-refractivity contribution is 1.53. The molecule has 0 saturated heterocycles. The summed E-state index contributed by atoms with van der Waals surface area (Å²) >= 11 is 1.86. The lowest BCUT2D eigenvalue weighted by Gasteiger charge is -2.11. The van der Waals surface area contributed by atoms with Crippen molar-refractivity contribution in [2.75, 3.05) is 5.32 Å². The minimum absolute atomic E-state index is 1.09. The normalized spacial score (nSPS) is 11.1. The highest BCUT2D eigenvalue weighted by molar-refractivity contribution is 7.25. The van der Waals surface area contributed by atoms with Crippen molar-refractivity contribution in [2.45, 2.75) is 0 Å². The van der Waals surface area contributed by atoms with Crippen molar-refractivity contribution >= 4 is 42.9 Å². The molecule has 0 aliphatic carbocycles. The third-order valence-corrected chi connectivity index (χ3v) is 6.97. The van der Waals surface area contributed by atoms with Gasteiger partial charge < -0.3 is 5.32 Å². The molecule has 32 heavy (non-hydrogen) atoms. The van der Waals surface area contributed by atoms with Crippen molar-refractivity contribution in [3.63, 3.8) is 0 Å². The molecule has 0 radical (unpaired) electrons. The minimum atomic E-state index is 1.09. The van der Waals surface area contributed by atoms with E-state index in [1.807, 2.05) is 17.4 Å². The van der Waals surface area contributed by atoms with E-state index in [0.717, 1.165) is 11.4 Å². The number of thiophene rings is 1. The van der Waals surface area contributed by atoms with Crippen LogP contribution in [0.3, 0.4) is 0 Å². The van der Waals surface area contributed by atoms with Gasteiger partial charge in [-0.2, -0.15) is 0 Å². The lowest BCUT2D eigenvalue weighted by Crippen LogP contribution is -1.91. The van der Waals surface area contributed by atoms with Gasteiger partial charge in [0.1, 0.15) is 0 Å². The second-order valence-corrected chi connectivity index (χ2v) is 9.05. The molecule has 1 heterocycles. The molecule has 0 bridgehead atoms. The third-order valence-electron chi connectivity index (χ3n) is 5.83. The van der Waals surface area contributed by atoms with E-state index < -0.39 is 0 Å². The van der Waals surface area contributed by atoms with Crippen molar-refractivity contribution in [1.82, 2.24) is 0 Å². The van der Waals surface area contributed by atoms with Crippen molar-refractivity contribution in [3.8, 4) is 22.3 Å². The van der Waals surface area contributed by atoms with Crippen LogP contribution in [0.25, 0.3) is 42.4 Å². The zero-order chi connectivity index (χ0) is 21.3. The molecule has 0 fully saturated rings. The third kappa shape index (κ3) is 3.55. The van der Waals surface area contributed by atoms with Crippen LogP contribution in [0.15, 0.2) is 121 Å². The van der Waals surface area contributed by atoms with Crippen LogP contribution in [0.5, 0.6) is 0 Å². The molecule has 152 valence electrons. The van der Waals surface area contributed by atoms with Crippen molar-refractivity contribution < 1.29 is 0 Å². The van der Waals surface area contributed by atoms with Gasteiger partial charge >= 0.3 is 0 Å². The number of rotatable bonds is 4. The quantitative estimate of drug-likeness (QED) is 0.296. The predicted molar refractivity (Wildman–Crippen MR) is 140 cm³/mol. The first-order chi connectivity index (χ1) is 15.8. The van der Waals surface area contributed by atoms with Gasteiger partial charge in [-0.25, -0.2) is 0 Å². The Bertz CT molecular complexity index is 1550. The number of fused-ring (bicyclic) bond motifs is 3. The van der Waals surface area contributed by atoms with Crippen LogP contribution in [0.2, 0.25) is 0 Å². The van der Waals surface area contributed by atoms with Crippen LogP contribution >= 0.6 is 11.3 Å². The van der Waals surface area contributed by atoms with Gasteiger partial charge in [0, 0.05) is 31.5 Å². The first-order valence-electron chi connectivity index (χ1n) is 10.8. The van der Waals surface area contributed by atoms with Gasteiger partial charge in [0.15, 0.2) is 0 Å². The average molecular weight is 428 g/mol.